The lowest BCUT2D eigenvalue weighted by molar-refractivity contribution is -0.124. The number of carbonyl (C=O) groups is 1. The number of para-hydroxylation sites is 1. The summed E-state index contributed by atoms with van der Waals surface area (Å²) in [6.45, 7) is 7.78. The molecule has 0 bridgehead atoms. The molecule has 19 heavy (non-hydrogen) atoms. The summed E-state index contributed by atoms with van der Waals surface area (Å²) in [5.74, 6) is -0.0199. The third-order valence-corrected chi connectivity index (χ3v) is 3.46. The predicted octanol–water partition coefficient (Wildman–Crippen LogP) is 3.09. The van der Waals surface area contributed by atoms with Crippen molar-refractivity contribution in [3.05, 3.63) is 28.5 Å². The number of rotatable bonds is 3. The van der Waals surface area contributed by atoms with Crippen LogP contribution in [0.4, 0.5) is 0 Å². The first-order valence-electron chi connectivity index (χ1n) is 6.42. The minimum absolute atomic E-state index is 0.0199. The predicted molar refractivity (Wildman–Crippen MR) is 79.8 cm³/mol. The molecule has 0 saturated heterocycles. The van der Waals surface area contributed by atoms with Gasteiger partial charge < -0.3 is 14.9 Å². The SMILES string of the molecule is Cc1cccc2c1[nH]c(=S)n2C(C)C(=O)NC(C)C. The zero-order valence-corrected chi connectivity index (χ0v) is 12.5. The third-order valence-electron chi connectivity index (χ3n) is 3.16. The monoisotopic (exact) mass is 277 g/mol. The number of hydrogen-bond acceptors (Lipinski definition) is 2. The molecule has 1 unspecified atom stereocenters. The van der Waals surface area contributed by atoms with Crippen LogP contribution < -0.4 is 5.32 Å². The summed E-state index contributed by atoms with van der Waals surface area (Å²) in [4.78, 5) is 15.3. The smallest absolute Gasteiger partial charge is 0.243 e. The second kappa shape index (κ2) is 5.17. The van der Waals surface area contributed by atoms with Crippen LogP contribution in [0.25, 0.3) is 11.0 Å². The minimum atomic E-state index is -0.328. The Hall–Kier alpha value is -1.62. The highest BCUT2D eigenvalue weighted by atomic mass is 32.1. The van der Waals surface area contributed by atoms with Gasteiger partial charge in [0.2, 0.25) is 5.91 Å². The molecule has 2 aromatic rings. The average Bonchev–Trinajstić information content (AvgIpc) is 2.65. The molecule has 0 aliphatic carbocycles. The fourth-order valence-corrected chi connectivity index (χ4v) is 2.56. The van der Waals surface area contributed by atoms with E-state index in [-0.39, 0.29) is 18.0 Å². The van der Waals surface area contributed by atoms with Crippen LogP contribution in [0.15, 0.2) is 18.2 Å². The lowest BCUT2D eigenvalue weighted by atomic mass is 10.2. The Morgan fingerprint density at radius 2 is 2.05 bits per heavy atom. The van der Waals surface area contributed by atoms with Crippen molar-refractivity contribution in [2.45, 2.75) is 39.8 Å². The molecule has 0 fully saturated rings. The molecule has 1 aromatic carbocycles. The Labute approximate surface area is 117 Å². The highest BCUT2D eigenvalue weighted by Crippen LogP contribution is 2.21. The van der Waals surface area contributed by atoms with Crippen LogP contribution in [0.3, 0.4) is 0 Å². The van der Waals surface area contributed by atoms with Crippen LogP contribution in [-0.4, -0.2) is 21.5 Å². The standard InChI is InChI=1S/C14H19N3OS/c1-8(2)15-13(18)10(4)17-11-7-5-6-9(3)12(11)16-14(17)19/h5-8,10H,1-4H3,(H,15,18)(H,16,19). The number of H-pyrrole nitrogens is 1. The normalized spacial score (nSPS) is 12.9. The van der Waals surface area contributed by atoms with E-state index in [2.05, 4.69) is 10.3 Å². The number of nitrogens with one attached hydrogen (secondary N) is 2. The van der Waals surface area contributed by atoms with E-state index in [9.17, 15) is 4.79 Å². The third kappa shape index (κ3) is 2.56. The summed E-state index contributed by atoms with van der Waals surface area (Å²) in [7, 11) is 0. The van der Waals surface area contributed by atoms with E-state index in [0.29, 0.717) is 4.77 Å². The molecule has 1 aromatic heterocycles. The Morgan fingerprint density at radius 1 is 1.37 bits per heavy atom. The molecule has 1 heterocycles. The van der Waals surface area contributed by atoms with Gasteiger partial charge in [-0.2, -0.15) is 0 Å². The minimum Gasteiger partial charge on any atom is -0.352 e. The maximum Gasteiger partial charge on any atom is 0.243 e. The summed E-state index contributed by atoms with van der Waals surface area (Å²) in [6, 6.07) is 5.77. The zero-order chi connectivity index (χ0) is 14.2. The Kier molecular flexibility index (Phi) is 3.75. The number of fused-ring (bicyclic) bond motifs is 1. The zero-order valence-electron chi connectivity index (χ0n) is 11.7. The van der Waals surface area contributed by atoms with Crippen molar-refractivity contribution in [3.63, 3.8) is 0 Å². The van der Waals surface area contributed by atoms with Gasteiger partial charge in [0.05, 0.1) is 11.0 Å². The number of aromatic nitrogens is 2. The van der Waals surface area contributed by atoms with Crippen molar-refractivity contribution in [1.82, 2.24) is 14.9 Å². The summed E-state index contributed by atoms with van der Waals surface area (Å²) in [5.41, 5.74) is 3.09. The van der Waals surface area contributed by atoms with Crippen molar-refractivity contribution in [2.24, 2.45) is 0 Å². The lowest BCUT2D eigenvalue weighted by Gasteiger charge is -2.16. The number of carbonyl (C=O) groups excluding carboxylic acids is 1. The largest absolute Gasteiger partial charge is 0.352 e. The molecule has 1 amide bonds. The van der Waals surface area contributed by atoms with Crippen LogP contribution in [-0.2, 0) is 4.79 Å². The maximum atomic E-state index is 12.1. The van der Waals surface area contributed by atoms with Crippen LogP contribution >= 0.6 is 12.2 Å². The van der Waals surface area contributed by atoms with Crippen molar-refractivity contribution >= 4 is 29.2 Å². The summed E-state index contributed by atoms with van der Waals surface area (Å²) in [6.07, 6.45) is 0. The summed E-state index contributed by atoms with van der Waals surface area (Å²) in [5, 5.41) is 2.92. The van der Waals surface area contributed by atoms with Gasteiger partial charge in [0.25, 0.3) is 0 Å². The quantitative estimate of drug-likeness (QED) is 0.847. The molecular weight excluding hydrogens is 258 g/mol. The first-order valence-corrected chi connectivity index (χ1v) is 6.83. The van der Waals surface area contributed by atoms with Crippen LogP contribution in [0, 0.1) is 11.7 Å². The van der Waals surface area contributed by atoms with Gasteiger partial charge in [-0.25, -0.2) is 0 Å². The van der Waals surface area contributed by atoms with Crippen molar-refractivity contribution in [2.75, 3.05) is 0 Å². The van der Waals surface area contributed by atoms with E-state index in [0.717, 1.165) is 16.6 Å². The molecule has 0 saturated carbocycles. The van der Waals surface area contributed by atoms with E-state index in [1.807, 2.05) is 50.5 Å². The first kappa shape index (κ1) is 13.8. The molecule has 1 atom stereocenters. The molecule has 2 rings (SSSR count). The molecular formula is C14H19N3OS. The highest BCUT2D eigenvalue weighted by Gasteiger charge is 2.19. The van der Waals surface area contributed by atoms with Crippen LogP contribution in [0.2, 0.25) is 0 Å². The number of amides is 1. The van der Waals surface area contributed by atoms with E-state index in [4.69, 9.17) is 12.2 Å². The van der Waals surface area contributed by atoms with Gasteiger partial charge in [0.1, 0.15) is 6.04 Å². The molecule has 0 spiro atoms. The average molecular weight is 277 g/mol. The molecule has 2 N–H and O–H groups in total. The molecule has 4 nitrogen and oxygen atoms in total. The van der Waals surface area contributed by atoms with Gasteiger partial charge in [-0.1, -0.05) is 12.1 Å². The number of aryl methyl sites for hydroxylation is 1. The molecule has 102 valence electrons. The van der Waals surface area contributed by atoms with Crippen molar-refractivity contribution in [1.29, 1.82) is 0 Å². The van der Waals surface area contributed by atoms with Crippen LogP contribution in [0.1, 0.15) is 32.4 Å². The molecule has 5 heteroatoms. The number of nitrogens with zero attached hydrogens (tertiary/aromatic N) is 1. The second-order valence-corrected chi connectivity index (χ2v) is 5.50. The Morgan fingerprint density at radius 3 is 2.68 bits per heavy atom. The van der Waals surface area contributed by atoms with E-state index >= 15 is 0 Å². The van der Waals surface area contributed by atoms with Crippen molar-refractivity contribution in [3.8, 4) is 0 Å². The van der Waals surface area contributed by atoms with Gasteiger partial charge >= 0.3 is 0 Å². The van der Waals surface area contributed by atoms with Gasteiger partial charge in [-0.15, -0.1) is 0 Å². The van der Waals surface area contributed by atoms with Gasteiger partial charge in [-0.05, 0) is 51.5 Å². The highest BCUT2D eigenvalue weighted by molar-refractivity contribution is 7.71. The summed E-state index contributed by atoms with van der Waals surface area (Å²) < 4.78 is 2.45. The first-order chi connectivity index (χ1) is 8.91. The fourth-order valence-electron chi connectivity index (χ4n) is 2.20. The number of benzene rings is 1. The second-order valence-electron chi connectivity index (χ2n) is 5.11. The van der Waals surface area contributed by atoms with Crippen LogP contribution in [0.5, 0.6) is 0 Å². The Balaban J connectivity index is 2.51. The molecule has 0 radical (unpaired) electrons. The van der Waals surface area contributed by atoms with Gasteiger partial charge in [0, 0.05) is 6.04 Å². The Bertz CT molecular complexity index is 669. The number of imidazole rings is 1. The van der Waals surface area contributed by atoms with E-state index in [1.54, 1.807) is 0 Å². The molecule has 0 aliphatic heterocycles. The number of aromatic amines is 1. The lowest BCUT2D eigenvalue weighted by Crippen LogP contribution is -2.35. The van der Waals surface area contributed by atoms with Crippen molar-refractivity contribution < 1.29 is 4.79 Å². The number of hydrogen-bond donors (Lipinski definition) is 2. The molecule has 0 aliphatic rings. The summed E-state index contributed by atoms with van der Waals surface area (Å²) >= 11 is 5.35. The maximum absolute atomic E-state index is 12.1. The topological polar surface area (TPSA) is 49.8 Å². The van der Waals surface area contributed by atoms with E-state index in [1.165, 1.54) is 0 Å². The van der Waals surface area contributed by atoms with E-state index < -0.39 is 0 Å². The van der Waals surface area contributed by atoms with Gasteiger partial charge in [0.15, 0.2) is 4.77 Å². The van der Waals surface area contributed by atoms with Gasteiger partial charge in [-0.3, -0.25) is 4.79 Å². The fraction of sp³-hybridized carbons (Fsp3) is 0.429.